The highest BCUT2D eigenvalue weighted by Crippen LogP contribution is 2.22. The maximum atomic E-state index is 4.04. The molecule has 0 aliphatic heterocycles. The van der Waals surface area contributed by atoms with Crippen LogP contribution in [0.4, 0.5) is 0 Å². The van der Waals surface area contributed by atoms with E-state index in [4.69, 9.17) is 0 Å². The van der Waals surface area contributed by atoms with Gasteiger partial charge in [0.1, 0.15) is 5.01 Å². The Morgan fingerprint density at radius 3 is 2.93 bits per heavy atom. The van der Waals surface area contributed by atoms with E-state index in [9.17, 15) is 0 Å². The molecule has 0 saturated heterocycles. The largest absolute Gasteiger partial charge is 0.313 e. The molecule has 1 aromatic heterocycles. The SMILES string of the molecule is C=C(CNCC)CSc1nnc(C)s1. The van der Waals surface area contributed by atoms with Crippen molar-refractivity contribution in [2.24, 2.45) is 0 Å². The van der Waals surface area contributed by atoms with E-state index in [0.717, 1.165) is 28.2 Å². The minimum absolute atomic E-state index is 0.890. The molecule has 0 saturated carbocycles. The van der Waals surface area contributed by atoms with E-state index < -0.39 is 0 Å². The zero-order valence-electron chi connectivity index (χ0n) is 8.54. The van der Waals surface area contributed by atoms with Crippen molar-refractivity contribution in [3.8, 4) is 0 Å². The van der Waals surface area contributed by atoms with Gasteiger partial charge in [0.15, 0.2) is 4.34 Å². The topological polar surface area (TPSA) is 37.8 Å². The molecular formula is C9H15N3S2. The van der Waals surface area contributed by atoms with Crippen LogP contribution >= 0.6 is 23.1 Å². The van der Waals surface area contributed by atoms with Gasteiger partial charge in [-0.05, 0) is 13.5 Å². The van der Waals surface area contributed by atoms with Gasteiger partial charge in [-0.3, -0.25) is 0 Å². The number of aryl methyl sites for hydroxylation is 1. The highest BCUT2D eigenvalue weighted by molar-refractivity contribution is 8.01. The van der Waals surface area contributed by atoms with Gasteiger partial charge >= 0.3 is 0 Å². The zero-order chi connectivity index (χ0) is 10.4. The number of aromatic nitrogens is 2. The standard InChI is InChI=1S/C9H15N3S2/c1-4-10-5-7(2)6-13-9-12-11-8(3)14-9/h10H,2,4-6H2,1,3H3. The van der Waals surface area contributed by atoms with Gasteiger partial charge in [-0.15, -0.1) is 10.2 Å². The molecule has 3 nitrogen and oxygen atoms in total. The number of rotatable bonds is 6. The highest BCUT2D eigenvalue weighted by Gasteiger charge is 2.01. The van der Waals surface area contributed by atoms with Crippen molar-refractivity contribution >= 4 is 23.1 Å². The predicted octanol–water partition coefficient (Wildman–Crippen LogP) is 2.10. The summed E-state index contributed by atoms with van der Waals surface area (Å²) in [5.41, 5.74) is 1.20. The van der Waals surface area contributed by atoms with Crippen LogP contribution in [0.15, 0.2) is 16.5 Å². The first-order valence-corrected chi connectivity index (χ1v) is 6.33. The quantitative estimate of drug-likeness (QED) is 0.599. The Kier molecular flexibility index (Phi) is 5.14. The van der Waals surface area contributed by atoms with Gasteiger partial charge in [0.05, 0.1) is 0 Å². The smallest absolute Gasteiger partial charge is 0.174 e. The Hall–Kier alpha value is -0.390. The first-order valence-electron chi connectivity index (χ1n) is 4.52. The van der Waals surface area contributed by atoms with Crippen molar-refractivity contribution in [3.05, 3.63) is 17.2 Å². The Morgan fingerprint density at radius 2 is 2.36 bits per heavy atom. The zero-order valence-corrected chi connectivity index (χ0v) is 10.2. The molecule has 1 heterocycles. The second-order valence-corrected chi connectivity index (χ2v) is 5.31. The Labute approximate surface area is 93.0 Å². The molecule has 0 aromatic carbocycles. The molecule has 0 aliphatic carbocycles. The molecule has 0 atom stereocenters. The van der Waals surface area contributed by atoms with Crippen molar-refractivity contribution in [1.82, 2.24) is 15.5 Å². The van der Waals surface area contributed by atoms with Gasteiger partial charge < -0.3 is 5.32 Å². The summed E-state index contributed by atoms with van der Waals surface area (Å²) in [6.45, 7) is 9.92. The fourth-order valence-electron chi connectivity index (χ4n) is 0.853. The summed E-state index contributed by atoms with van der Waals surface area (Å²) in [6, 6.07) is 0. The number of nitrogens with zero attached hydrogens (tertiary/aromatic N) is 2. The van der Waals surface area contributed by atoms with Gasteiger partial charge in [-0.2, -0.15) is 0 Å². The summed E-state index contributed by atoms with van der Waals surface area (Å²) in [4.78, 5) is 0. The van der Waals surface area contributed by atoms with E-state index in [2.05, 4.69) is 29.0 Å². The van der Waals surface area contributed by atoms with E-state index in [-0.39, 0.29) is 0 Å². The van der Waals surface area contributed by atoms with Crippen LogP contribution in [0.25, 0.3) is 0 Å². The second-order valence-electron chi connectivity index (χ2n) is 2.91. The van der Waals surface area contributed by atoms with Gasteiger partial charge in [0.2, 0.25) is 0 Å². The lowest BCUT2D eigenvalue weighted by Gasteiger charge is -2.03. The minimum atomic E-state index is 0.890. The van der Waals surface area contributed by atoms with Crippen LogP contribution in [-0.2, 0) is 0 Å². The van der Waals surface area contributed by atoms with E-state index >= 15 is 0 Å². The maximum absolute atomic E-state index is 4.04. The summed E-state index contributed by atoms with van der Waals surface area (Å²) >= 11 is 3.34. The number of nitrogens with one attached hydrogen (secondary N) is 1. The molecule has 1 N–H and O–H groups in total. The van der Waals surface area contributed by atoms with Crippen molar-refractivity contribution in [2.45, 2.75) is 18.2 Å². The Bertz CT molecular complexity index is 296. The summed E-state index contributed by atoms with van der Waals surface area (Å²) in [6.07, 6.45) is 0. The van der Waals surface area contributed by atoms with Crippen LogP contribution in [0.1, 0.15) is 11.9 Å². The molecule has 78 valence electrons. The van der Waals surface area contributed by atoms with Gasteiger partial charge in [0, 0.05) is 12.3 Å². The van der Waals surface area contributed by atoms with E-state index in [1.807, 2.05) is 6.92 Å². The molecule has 0 spiro atoms. The average molecular weight is 229 g/mol. The third-order valence-corrected chi connectivity index (χ3v) is 3.65. The highest BCUT2D eigenvalue weighted by atomic mass is 32.2. The first-order chi connectivity index (χ1) is 6.72. The lowest BCUT2D eigenvalue weighted by molar-refractivity contribution is 0.779. The molecule has 1 aromatic rings. The van der Waals surface area contributed by atoms with Gasteiger partial charge in [-0.25, -0.2) is 0 Å². The summed E-state index contributed by atoms with van der Waals surface area (Å²) in [5.74, 6) is 0.918. The van der Waals surface area contributed by atoms with E-state index in [1.165, 1.54) is 5.57 Å². The monoisotopic (exact) mass is 229 g/mol. The van der Waals surface area contributed by atoms with Crippen LogP contribution in [0.3, 0.4) is 0 Å². The summed E-state index contributed by atoms with van der Waals surface area (Å²) in [5, 5.41) is 12.3. The van der Waals surface area contributed by atoms with Crippen LogP contribution in [0.5, 0.6) is 0 Å². The van der Waals surface area contributed by atoms with Crippen molar-refractivity contribution < 1.29 is 0 Å². The normalized spacial score (nSPS) is 10.4. The number of thioether (sulfide) groups is 1. The fraction of sp³-hybridized carbons (Fsp3) is 0.556. The van der Waals surface area contributed by atoms with Crippen molar-refractivity contribution in [2.75, 3.05) is 18.8 Å². The van der Waals surface area contributed by atoms with Crippen LogP contribution in [-0.4, -0.2) is 29.0 Å². The number of likely N-dealkylation sites (N-methyl/N-ethyl adjacent to an activating group) is 1. The lowest BCUT2D eigenvalue weighted by atomic mass is 10.3. The maximum Gasteiger partial charge on any atom is 0.174 e. The molecule has 0 unspecified atom stereocenters. The third-order valence-electron chi connectivity index (χ3n) is 1.53. The Morgan fingerprint density at radius 1 is 1.57 bits per heavy atom. The number of hydrogen-bond acceptors (Lipinski definition) is 5. The molecule has 0 aliphatic rings. The first kappa shape index (κ1) is 11.7. The molecule has 14 heavy (non-hydrogen) atoms. The molecule has 0 fully saturated rings. The predicted molar refractivity (Wildman–Crippen MR) is 63.1 cm³/mol. The van der Waals surface area contributed by atoms with Crippen LogP contribution in [0, 0.1) is 6.92 Å². The average Bonchev–Trinajstić information content (AvgIpc) is 2.58. The second kappa shape index (κ2) is 6.16. The van der Waals surface area contributed by atoms with Crippen LogP contribution in [0.2, 0.25) is 0 Å². The van der Waals surface area contributed by atoms with E-state index in [0.29, 0.717) is 0 Å². The minimum Gasteiger partial charge on any atom is -0.313 e. The Balaban J connectivity index is 2.23. The summed E-state index contributed by atoms with van der Waals surface area (Å²) in [7, 11) is 0. The molecular weight excluding hydrogens is 214 g/mol. The molecule has 1 rings (SSSR count). The van der Waals surface area contributed by atoms with Crippen molar-refractivity contribution in [1.29, 1.82) is 0 Å². The molecule has 0 bridgehead atoms. The van der Waals surface area contributed by atoms with Crippen molar-refractivity contribution in [3.63, 3.8) is 0 Å². The lowest BCUT2D eigenvalue weighted by Crippen LogP contribution is -2.16. The fourth-order valence-corrected chi connectivity index (χ4v) is 2.57. The summed E-state index contributed by atoms with van der Waals surface area (Å²) < 4.78 is 1.03. The number of hydrogen-bond donors (Lipinski definition) is 1. The van der Waals surface area contributed by atoms with Gasteiger partial charge in [0.25, 0.3) is 0 Å². The van der Waals surface area contributed by atoms with Gasteiger partial charge in [-0.1, -0.05) is 42.2 Å². The third kappa shape index (κ3) is 4.21. The molecule has 0 radical (unpaired) electrons. The van der Waals surface area contributed by atoms with E-state index in [1.54, 1.807) is 23.1 Å². The molecule has 5 heteroatoms. The molecule has 0 amide bonds. The van der Waals surface area contributed by atoms with Crippen LogP contribution < -0.4 is 5.32 Å².